The van der Waals surface area contributed by atoms with Gasteiger partial charge in [0.25, 0.3) is 0 Å². The number of hydrogen-bond donors (Lipinski definition) is 3. The van der Waals surface area contributed by atoms with Crippen LogP contribution in [0.3, 0.4) is 0 Å². The topological polar surface area (TPSA) is 391 Å². The molecular weight excluding hydrogens is 1270 g/mol. The van der Waals surface area contributed by atoms with Crippen molar-refractivity contribution in [3.63, 3.8) is 0 Å². The van der Waals surface area contributed by atoms with Gasteiger partial charge >= 0.3 is 59.7 Å². The molecule has 4 saturated carbocycles. The van der Waals surface area contributed by atoms with E-state index in [0.29, 0.717) is 11.1 Å². The fourth-order valence-electron chi connectivity index (χ4n) is 17.4. The Hall–Kier alpha value is -7.95. The van der Waals surface area contributed by atoms with Crippen LogP contribution in [0.15, 0.2) is 83.0 Å². The van der Waals surface area contributed by atoms with E-state index in [9.17, 15) is 63.3 Å². The summed E-state index contributed by atoms with van der Waals surface area (Å²) in [5, 5.41) is 39.3. The van der Waals surface area contributed by atoms with Crippen LogP contribution in [0.25, 0.3) is 0 Å². The third-order valence-electron chi connectivity index (χ3n) is 21.8. The number of esters is 10. The maximum absolute atomic E-state index is 15.3. The molecule has 6 fully saturated rings. The van der Waals surface area contributed by atoms with Crippen molar-refractivity contribution in [2.75, 3.05) is 13.2 Å². The van der Waals surface area contributed by atoms with Gasteiger partial charge in [-0.15, -0.1) is 0 Å². The summed E-state index contributed by atoms with van der Waals surface area (Å²) in [4.78, 5) is 144. The Labute approximate surface area is 560 Å². The Morgan fingerprint density at radius 2 is 0.845 bits per heavy atom. The van der Waals surface area contributed by atoms with Gasteiger partial charge in [-0.3, -0.25) is 43.2 Å². The molecule has 2 aromatic rings. The van der Waals surface area contributed by atoms with Gasteiger partial charge in [0.2, 0.25) is 0 Å². The average molecular weight is 1360 g/mol. The molecule has 0 spiro atoms. The first-order valence-corrected chi connectivity index (χ1v) is 31.9. The van der Waals surface area contributed by atoms with Gasteiger partial charge < -0.3 is 77.6 Å². The Bertz CT molecular complexity index is 3580. The predicted molar refractivity (Wildman–Crippen MR) is 332 cm³/mol. The van der Waals surface area contributed by atoms with Crippen LogP contribution in [0, 0.1) is 33.5 Å². The van der Waals surface area contributed by atoms with E-state index in [1.54, 1.807) is 84.9 Å². The van der Waals surface area contributed by atoms with Crippen LogP contribution in [-0.2, 0) is 100.0 Å². The molecule has 4 bridgehead atoms. The lowest BCUT2D eigenvalue weighted by Gasteiger charge is -2.69. The summed E-state index contributed by atoms with van der Waals surface area (Å²) in [6.45, 7) is 21.8. The molecule has 0 unspecified atom stereocenters. The van der Waals surface area contributed by atoms with E-state index in [2.05, 4.69) is 0 Å². The molecule has 10 rings (SSSR count). The maximum atomic E-state index is 15.3. The van der Waals surface area contributed by atoms with Gasteiger partial charge in [0.05, 0.1) is 41.6 Å². The number of Topliss-reactive ketones (excluding diaryl/α,β-unsaturated/α-hetero) is 1. The second-order valence-corrected chi connectivity index (χ2v) is 28.1. The number of hydrogen-bond acceptors (Lipinski definition) is 26. The first-order chi connectivity index (χ1) is 44.6. The quantitative estimate of drug-likeness (QED) is 0.149. The number of rotatable bonds is 12. The SMILES string of the molecule is CC(=O)O[C@H]1C(=O)[C@]2(C)[C@@H](OC(C)=O)C[C@H]3OC[C@@]3(OC(C)=O)[C@H]2[C@H](OC(=O)c2ccccc2)[C@]2(O)C[C@H](OC(C)=O)C(C)=C1C2(C)C.CC(=O)O[C@H]1C[C@@]2(O)[C@@H](OC(=O)c3ccccc3)[C@@H]3[C@]4(OC(C)=O)CO[C@@H]4C[C@H](OC(C)=O)[C@@]3(C)[C@@H](O)[C@H](OC(C)=O)C(=C1C)C2(C)C.O. The number of ketones is 1. The highest BCUT2D eigenvalue weighted by molar-refractivity contribution is 5.96. The lowest BCUT2D eigenvalue weighted by molar-refractivity contribution is -0.365. The maximum Gasteiger partial charge on any atom is 0.338 e. The van der Waals surface area contributed by atoms with E-state index in [4.69, 9.17) is 56.8 Å². The molecule has 2 aliphatic heterocycles. The largest absolute Gasteiger partial charge is 0.462 e. The molecule has 0 radical (unpaired) electrons. The second-order valence-electron chi connectivity index (χ2n) is 28.1. The lowest BCUT2D eigenvalue weighted by Crippen LogP contribution is -2.82. The minimum atomic E-state index is -2.19. The molecule has 2 aromatic carbocycles. The van der Waals surface area contributed by atoms with Crippen molar-refractivity contribution in [3.8, 4) is 0 Å². The van der Waals surface area contributed by atoms with E-state index in [0.717, 1.165) is 13.8 Å². The zero-order valence-corrected chi connectivity index (χ0v) is 57.3. The summed E-state index contributed by atoms with van der Waals surface area (Å²) < 4.78 is 71.4. The third kappa shape index (κ3) is 12.3. The van der Waals surface area contributed by atoms with E-state index < -0.39 is 189 Å². The summed E-state index contributed by atoms with van der Waals surface area (Å²) in [6.07, 6.45) is -15.5. The van der Waals surface area contributed by atoms with E-state index >= 15 is 4.79 Å². The predicted octanol–water partition coefficient (Wildman–Crippen LogP) is 4.56. The standard InChI is InChI=1S/C35H44O13.C35H42O13.H2O/c2*1-17-23(44-18(2)36)15-35(42)30(47-31(41)22-12-10-9-11-13-22)28-33(8,29(40)27(46-20(4)38)26(17)32(35,6)7)24(45-19(3)37)14-25-34(28,16-43-25)48-21(5)39;/h9-13,23-25,27-30,40,42H,14-16H2,1-8H3;9-13,23-25,27-28,30,42H,14-16H2,1-8H3;1H2/t23-,24-,25+,27+,28-,29-,30-,33+,34-,35+;23-,24-,25+,27+,28-,30-,33+,34-,35+;/m00./s1. The second kappa shape index (κ2) is 26.7. The molecule has 27 nitrogen and oxygen atoms in total. The van der Waals surface area contributed by atoms with Gasteiger partial charge in [-0.1, -0.05) is 71.0 Å². The zero-order chi connectivity index (χ0) is 71.1. The summed E-state index contributed by atoms with van der Waals surface area (Å²) in [5.41, 5.74) is -12.8. The first kappa shape index (κ1) is 74.8. The molecule has 5 N–H and O–H groups in total. The summed E-state index contributed by atoms with van der Waals surface area (Å²) in [6, 6.07) is 16.0. The average Bonchev–Trinajstić information content (AvgIpc) is 0.674. The van der Waals surface area contributed by atoms with Crippen LogP contribution in [-0.4, -0.2) is 189 Å². The van der Waals surface area contributed by atoms with Crippen molar-refractivity contribution in [1.82, 2.24) is 0 Å². The fourth-order valence-corrected chi connectivity index (χ4v) is 17.4. The highest BCUT2D eigenvalue weighted by Gasteiger charge is 2.81. The first-order valence-electron chi connectivity index (χ1n) is 31.9. The highest BCUT2D eigenvalue weighted by Crippen LogP contribution is 2.68. The molecule has 0 amide bonds. The van der Waals surface area contributed by atoms with Crippen LogP contribution in [0.4, 0.5) is 0 Å². The summed E-state index contributed by atoms with van der Waals surface area (Å²) >= 11 is 0. The van der Waals surface area contributed by atoms with Gasteiger partial charge in [0.1, 0.15) is 66.1 Å². The van der Waals surface area contributed by atoms with Crippen LogP contribution >= 0.6 is 0 Å². The number of fused-ring (bicyclic) bond motifs is 10. The number of aliphatic hydroxyl groups excluding tert-OH is 1. The minimum Gasteiger partial charge on any atom is -0.462 e. The molecule has 0 aromatic heterocycles. The number of carbonyl (C=O) groups excluding carboxylic acids is 11. The van der Waals surface area contributed by atoms with E-state index in [1.807, 2.05) is 0 Å². The normalized spacial score (nSPS) is 36.9. The Balaban J connectivity index is 0.000000245. The lowest BCUT2D eigenvalue weighted by atomic mass is 9.44. The number of carbonyl (C=O) groups is 11. The van der Waals surface area contributed by atoms with Gasteiger partial charge in [0, 0.05) is 97.3 Å². The van der Waals surface area contributed by atoms with Gasteiger partial charge in [-0.05, 0) is 67.3 Å². The van der Waals surface area contributed by atoms with Crippen molar-refractivity contribution >= 4 is 65.5 Å². The number of ether oxygens (including phenoxy) is 12. The van der Waals surface area contributed by atoms with Gasteiger partial charge in [-0.2, -0.15) is 0 Å². The van der Waals surface area contributed by atoms with Crippen LogP contribution in [0.2, 0.25) is 0 Å². The summed E-state index contributed by atoms with van der Waals surface area (Å²) in [7, 11) is 0. The van der Waals surface area contributed by atoms with Gasteiger partial charge in [-0.25, -0.2) is 9.59 Å². The smallest absolute Gasteiger partial charge is 0.338 e. The Morgan fingerprint density at radius 3 is 1.24 bits per heavy atom. The highest BCUT2D eigenvalue weighted by atomic mass is 16.7. The molecule has 8 aliphatic rings. The third-order valence-corrected chi connectivity index (χ3v) is 21.8. The van der Waals surface area contributed by atoms with Crippen molar-refractivity contribution in [2.24, 2.45) is 33.5 Å². The Kier molecular flexibility index (Phi) is 20.6. The number of benzene rings is 2. The molecular formula is C70H88O27. The molecule has 2 heterocycles. The minimum absolute atomic E-state index is 0. The molecule has 27 heteroatoms. The zero-order valence-electron chi connectivity index (χ0n) is 57.3. The molecule has 530 valence electrons. The van der Waals surface area contributed by atoms with Crippen molar-refractivity contribution in [2.45, 2.75) is 226 Å². The summed E-state index contributed by atoms with van der Waals surface area (Å²) in [5.74, 6) is -11.0. The fraction of sp³-hybridized carbons (Fsp3) is 0.614. The van der Waals surface area contributed by atoms with Crippen LogP contribution in [0.1, 0.15) is 157 Å². The Morgan fingerprint density at radius 1 is 0.474 bits per heavy atom. The molecule has 97 heavy (non-hydrogen) atoms. The van der Waals surface area contributed by atoms with Crippen molar-refractivity contribution in [1.29, 1.82) is 0 Å². The van der Waals surface area contributed by atoms with Crippen LogP contribution < -0.4 is 0 Å². The molecule has 6 aliphatic carbocycles. The van der Waals surface area contributed by atoms with Crippen molar-refractivity contribution < 1.29 is 130 Å². The van der Waals surface area contributed by atoms with Crippen LogP contribution in [0.5, 0.6) is 0 Å². The van der Waals surface area contributed by atoms with E-state index in [1.165, 1.54) is 72.7 Å². The monoisotopic (exact) mass is 1360 g/mol. The van der Waals surface area contributed by atoms with Crippen molar-refractivity contribution in [3.05, 3.63) is 94.1 Å². The van der Waals surface area contributed by atoms with E-state index in [-0.39, 0.29) is 66.6 Å². The number of aliphatic hydroxyl groups is 3. The molecule has 19 atom stereocenters. The molecule has 2 saturated heterocycles. The van der Waals surface area contributed by atoms with Gasteiger partial charge in [0.15, 0.2) is 29.2 Å².